The molecule has 0 aromatic rings. The van der Waals surface area contributed by atoms with E-state index in [1.807, 2.05) is 0 Å². The molecule has 1 unspecified atom stereocenters. The molecule has 0 fully saturated rings. The maximum Gasteiger partial charge on any atom is 0.306 e. The van der Waals surface area contributed by atoms with Crippen molar-refractivity contribution in [1.82, 2.24) is 0 Å². The molecule has 0 aliphatic heterocycles. The topological polar surface area (TPSA) is 78.9 Å². The first-order valence-corrected chi connectivity index (χ1v) is 24.7. The van der Waals surface area contributed by atoms with Crippen molar-refractivity contribution in [2.45, 2.75) is 277 Å². The Morgan fingerprint density at radius 2 is 0.589 bits per heavy atom. The SMILES string of the molecule is CCCCCCCC/C=C\CCCCCCCCCC(=O)OCC(COC(=O)CCCCCCCCCC)OC(=O)CCCCCCCCCCCCCCC. The molecule has 0 radical (unpaired) electrons. The Morgan fingerprint density at radius 3 is 0.893 bits per heavy atom. The molecular weight excluding hydrogens is 697 g/mol. The van der Waals surface area contributed by atoms with Gasteiger partial charge in [0.25, 0.3) is 0 Å². The summed E-state index contributed by atoms with van der Waals surface area (Å²) in [5.41, 5.74) is 0. The van der Waals surface area contributed by atoms with Crippen LogP contribution in [0.25, 0.3) is 0 Å². The van der Waals surface area contributed by atoms with Gasteiger partial charge in [-0.05, 0) is 44.9 Å². The molecule has 330 valence electrons. The molecule has 0 saturated carbocycles. The van der Waals surface area contributed by atoms with E-state index in [-0.39, 0.29) is 31.1 Å². The summed E-state index contributed by atoms with van der Waals surface area (Å²) in [4.78, 5) is 37.7. The van der Waals surface area contributed by atoms with E-state index in [0.29, 0.717) is 19.3 Å². The quantitative estimate of drug-likeness (QED) is 0.0264. The Labute approximate surface area is 348 Å². The molecule has 1 atom stereocenters. The Morgan fingerprint density at radius 1 is 0.339 bits per heavy atom. The molecule has 0 aromatic carbocycles. The minimum atomic E-state index is -0.763. The second kappa shape index (κ2) is 45.8. The van der Waals surface area contributed by atoms with Crippen molar-refractivity contribution in [2.24, 2.45) is 0 Å². The second-order valence-electron chi connectivity index (χ2n) is 16.7. The standard InChI is InChI=1S/C50H94O6/c1-4-7-10-13-16-19-21-23-24-25-26-28-29-31-34-37-40-43-49(52)55-46-47(45-54-48(51)42-39-36-33-18-15-12-9-6-3)56-50(53)44-41-38-35-32-30-27-22-20-17-14-11-8-5-2/h23-24,47H,4-22,25-46H2,1-3H3/b24-23-. The van der Waals surface area contributed by atoms with E-state index in [9.17, 15) is 14.4 Å². The lowest BCUT2D eigenvalue weighted by atomic mass is 10.0. The average Bonchev–Trinajstić information content (AvgIpc) is 3.19. The maximum atomic E-state index is 12.7. The van der Waals surface area contributed by atoms with Gasteiger partial charge in [-0.25, -0.2) is 0 Å². The van der Waals surface area contributed by atoms with Gasteiger partial charge in [0.15, 0.2) is 6.10 Å². The molecule has 0 aliphatic rings. The van der Waals surface area contributed by atoms with Gasteiger partial charge < -0.3 is 14.2 Å². The Kier molecular flexibility index (Phi) is 44.3. The lowest BCUT2D eigenvalue weighted by molar-refractivity contribution is -0.167. The zero-order valence-electron chi connectivity index (χ0n) is 37.7. The van der Waals surface area contributed by atoms with E-state index in [2.05, 4.69) is 32.9 Å². The Balaban J connectivity index is 4.26. The zero-order valence-corrected chi connectivity index (χ0v) is 37.7. The Hall–Kier alpha value is -1.85. The molecule has 0 aromatic heterocycles. The van der Waals surface area contributed by atoms with Crippen LogP contribution in [0.4, 0.5) is 0 Å². The number of unbranched alkanes of at least 4 members (excludes halogenated alkanes) is 32. The summed E-state index contributed by atoms with van der Waals surface area (Å²) in [6.07, 6.45) is 49.1. The van der Waals surface area contributed by atoms with Crippen LogP contribution in [0.2, 0.25) is 0 Å². The number of carbonyl (C=O) groups is 3. The first-order chi connectivity index (χ1) is 27.5. The first kappa shape index (κ1) is 54.2. The fourth-order valence-electron chi connectivity index (χ4n) is 7.26. The molecule has 6 heteroatoms. The average molecular weight is 791 g/mol. The molecule has 0 aliphatic carbocycles. The lowest BCUT2D eigenvalue weighted by Crippen LogP contribution is -2.30. The van der Waals surface area contributed by atoms with Crippen molar-refractivity contribution in [3.05, 3.63) is 12.2 Å². The van der Waals surface area contributed by atoms with Crippen LogP contribution in [-0.2, 0) is 28.6 Å². The van der Waals surface area contributed by atoms with E-state index in [4.69, 9.17) is 14.2 Å². The van der Waals surface area contributed by atoms with Gasteiger partial charge in [-0.15, -0.1) is 0 Å². The molecule has 0 spiro atoms. The van der Waals surface area contributed by atoms with E-state index in [1.165, 1.54) is 173 Å². The molecule has 56 heavy (non-hydrogen) atoms. The van der Waals surface area contributed by atoms with E-state index >= 15 is 0 Å². The molecule has 6 nitrogen and oxygen atoms in total. The van der Waals surface area contributed by atoms with Crippen LogP contribution in [0, 0.1) is 0 Å². The van der Waals surface area contributed by atoms with E-state index in [0.717, 1.165) is 57.8 Å². The highest BCUT2D eigenvalue weighted by Crippen LogP contribution is 2.15. The van der Waals surface area contributed by atoms with Crippen LogP contribution < -0.4 is 0 Å². The predicted molar refractivity (Wildman–Crippen MR) is 238 cm³/mol. The van der Waals surface area contributed by atoms with E-state index in [1.54, 1.807) is 0 Å². The molecule has 0 bridgehead atoms. The molecule has 0 heterocycles. The number of hydrogen-bond acceptors (Lipinski definition) is 6. The highest BCUT2D eigenvalue weighted by atomic mass is 16.6. The second-order valence-corrected chi connectivity index (χ2v) is 16.7. The number of hydrogen-bond donors (Lipinski definition) is 0. The smallest absolute Gasteiger partial charge is 0.306 e. The Bertz CT molecular complexity index is 870. The number of allylic oxidation sites excluding steroid dienone is 2. The highest BCUT2D eigenvalue weighted by Gasteiger charge is 2.19. The predicted octanol–water partition coefficient (Wildman–Crippen LogP) is 15.8. The minimum absolute atomic E-state index is 0.0671. The molecule has 0 saturated heterocycles. The highest BCUT2D eigenvalue weighted by molar-refractivity contribution is 5.71. The van der Waals surface area contributed by atoms with Crippen molar-refractivity contribution in [3.8, 4) is 0 Å². The third kappa shape index (κ3) is 43.3. The van der Waals surface area contributed by atoms with Crippen molar-refractivity contribution in [2.75, 3.05) is 13.2 Å². The first-order valence-electron chi connectivity index (χ1n) is 24.7. The number of ether oxygens (including phenoxy) is 3. The fraction of sp³-hybridized carbons (Fsp3) is 0.900. The summed E-state index contributed by atoms with van der Waals surface area (Å²) in [5, 5.41) is 0. The summed E-state index contributed by atoms with van der Waals surface area (Å²) < 4.78 is 16.7. The summed E-state index contributed by atoms with van der Waals surface area (Å²) in [7, 11) is 0. The van der Waals surface area contributed by atoms with Crippen LogP contribution in [-0.4, -0.2) is 37.2 Å². The molecule has 0 N–H and O–H groups in total. The van der Waals surface area contributed by atoms with Gasteiger partial charge in [0, 0.05) is 19.3 Å². The lowest BCUT2D eigenvalue weighted by Gasteiger charge is -2.18. The summed E-state index contributed by atoms with van der Waals surface area (Å²) in [6, 6.07) is 0. The van der Waals surface area contributed by atoms with Gasteiger partial charge >= 0.3 is 17.9 Å². The fourth-order valence-corrected chi connectivity index (χ4v) is 7.26. The number of rotatable bonds is 45. The summed E-state index contributed by atoms with van der Waals surface area (Å²) in [6.45, 7) is 6.62. The van der Waals surface area contributed by atoms with Crippen LogP contribution >= 0.6 is 0 Å². The van der Waals surface area contributed by atoms with Gasteiger partial charge in [-0.2, -0.15) is 0 Å². The van der Waals surface area contributed by atoms with Gasteiger partial charge in [0.05, 0.1) is 0 Å². The monoisotopic (exact) mass is 791 g/mol. The van der Waals surface area contributed by atoms with Gasteiger partial charge in [-0.1, -0.05) is 219 Å². The van der Waals surface area contributed by atoms with Gasteiger partial charge in [-0.3, -0.25) is 14.4 Å². The van der Waals surface area contributed by atoms with Gasteiger partial charge in [0.2, 0.25) is 0 Å². The summed E-state index contributed by atoms with van der Waals surface area (Å²) in [5.74, 6) is -0.863. The molecular formula is C50H94O6. The van der Waals surface area contributed by atoms with Crippen molar-refractivity contribution < 1.29 is 28.6 Å². The van der Waals surface area contributed by atoms with Crippen LogP contribution in [0.5, 0.6) is 0 Å². The van der Waals surface area contributed by atoms with Crippen LogP contribution in [0.3, 0.4) is 0 Å². The van der Waals surface area contributed by atoms with Crippen LogP contribution in [0.1, 0.15) is 271 Å². The van der Waals surface area contributed by atoms with E-state index < -0.39 is 6.10 Å². The van der Waals surface area contributed by atoms with Crippen molar-refractivity contribution >= 4 is 17.9 Å². The minimum Gasteiger partial charge on any atom is -0.462 e. The summed E-state index contributed by atoms with van der Waals surface area (Å²) >= 11 is 0. The maximum absolute atomic E-state index is 12.7. The van der Waals surface area contributed by atoms with Crippen molar-refractivity contribution in [3.63, 3.8) is 0 Å². The number of carbonyl (C=O) groups excluding carboxylic acids is 3. The zero-order chi connectivity index (χ0) is 40.8. The molecule has 0 amide bonds. The normalized spacial score (nSPS) is 12.0. The molecule has 0 rings (SSSR count). The van der Waals surface area contributed by atoms with Gasteiger partial charge in [0.1, 0.15) is 13.2 Å². The largest absolute Gasteiger partial charge is 0.462 e. The van der Waals surface area contributed by atoms with Crippen molar-refractivity contribution in [1.29, 1.82) is 0 Å². The number of esters is 3. The van der Waals surface area contributed by atoms with Crippen LogP contribution in [0.15, 0.2) is 12.2 Å². The third-order valence-electron chi connectivity index (χ3n) is 11.0. The third-order valence-corrected chi connectivity index (χ3v) is 11.0.